The second-order valence-electron chi connectivity index (χ2n) is 5.31. The van der Waals surface area contributed by atoms with E-state index in [2.05, 4.69) is 13.8 Å². The molecule has 0 bridgehead atoms. The second-order valence-corrected chi connectivity index (χ2v) is 6.65. The third-order valence-electron chi connectivity index (χ3n) is 3.56. The lowest BCUT2D eigenvalue weighted by molar-refractivity contribution is 0.0756. The molecule has 1 heterocycles. The zero-order valence-corrected chi connectivity index (χ0v) is 13.7. The molecule has 2 rings (SSSR count). The Labute approximate surface area is 131 Å². The summed E-state index contributed by atoms with van der Waals surface area (Å²) in [7, 11) is 0. The smallest absolute Gasteiger partial charge is 0.253 e. The summed E-state index contributed by atoms with van der Waals surface area (Å²) in [6.07, 6.45) is 0. The molecule has 1 aliphatic heterocycles. The van der Waals surface area contributed by atoms with Crippen molar-refractivity contribution in [1.82, 2.24) is 4.90 Å². The van der Waals surface area contributed by atoms with Crippen LogP contribution in [0, 0.1) is 5.92 Å². The highest BCUT2D eigenvalue weighted by Crippen LogP contribution is 2.25. The predicted molar refractivity (Wildman–Crippen MR) is 88.6 cm³/mol. The Morgan fingerprint density at radius 1 is 1.40 bits per heavy atom. The molecular formula is C15H23ClN2OS. The summed E-state index contributed by atoms with van der Waals surface area (Å²) < 4.78 is 0. The van der Waals surface area contributed by atoms with Crippen molar-refractivity contribution in [2.24, 2.45) is 11.7 Å². The topological polar surface area (TPSA) is 46.3 Å². The molecule has 3 nitrogen and oxygen atoms in total. The lowest BCUT2D eigenvalue weighted by Gasteiger charge is -2.34. The molecule has 0 saturated carbocycles. The molecule has 1 atom stereocenters. The summed E-state index contributed by atoms with van der Waals surface area (Å²) in [5.74, 6) is 1.80. The van der Waals surface area contributed by atoms with Gasteiger partial charge in [-0.3, -0.25) is 4.79 Å². The third-order valence-corrected chi connectivity index (χ3v) is 5.10. The van der Waals surface area contributed by atoms with Crippen LogP contribution >= 0.6 is 24.2 Å². The molecule has 0 radical (unpaired) electrons. The summed E-state index contributed by atoms with van der Waals surface area (Å²) in [5.41, 5.74) is 7.40. The van der Waals surface area contributed by atoms with Crippen molar-refractivity contribution in [3.05, 3.63) is 35.4 Å². The second kappa shape index (κ2) is 7.91. The van der Waals surface area contributed by atoms with Gasteiger partial charge in [0.15, 0.2) is 0 Å². The highest BCUT2D eigenvalue weighted by molar-refractivity contribution is 8.00. The Bertz CT molecular complexity index is 436. The number of hydrogen-bond donors (Lipinski definition) is 1. The molecule has 1 aromatic carbocycles. The standard InChI is InChI=1S/C15H22N2OS.ClH/c1-11(2)14-10-17(7-8-19-14)15(18)13-5-3-12(9-16)4-6-13;/h3-6,11,14H,7-10,16H2,1-2H3;1H. The maximum absolute atomic E-state index is 12.5. The van der Waals surface area contributed by atoms with Gasteiger partial charge in [-0.1, -0.05) is 26.0 Å². The Balaban J connectivity index is 0.00000200. The van der Waals surface area contributed by atoms with Crippen LogP contribution in [0.2, 0.25) is 0 Å². The number of amides is 1. The van der Waals surface area contributed by atoms with Gasteiger partial charge >= 0.3 is 0 Å². The monoisotopic (exact) mass is 314 g/mol. The van der Waals surface area contributed by atoms with Crippen molar-refractivity contribution in [3.8, 4) is 0 Å². The molecule has 5 heteroatoms. The quantitative estimate of drug-likeness (QED) is 0.933. The number of carbonyl (C=O) groups excluding carboxylic acids is 1. The summed E-state index contributed by atoms with van der Waals surface area (Å²) in [5, 5.41) is 0.556. The molecular weight excluding hydrogens is 292 g/mol. The fourth-order valence-corrected chi connectivity index (χ4v) is 3.53. The van der Waals surface area contributed by atoms with Crippen LogP contribution in [0.5, 0.6) is 0 Å². The van der Waals surface area contributed by atoms with E-state index in [1.165, 1.54) is 0 Å². The Morgan fingerprint density at radius 2 is 2.05 bits per heavy atom. The van der Waals surface area contributed by atoms with E-state index in [0.29, 0.717) is 17.7 Å². The Kier molecular flexibility index (Phi) is 6.86. The van der Waals surface area contributed by atoms with E-state index in [0.717, 1.165) is 30.0 Å². The molecule has 112 valence electrons. The molecule has 1 aliphatic rings. The molecule has 20 heavy (non-hydrogen) atoms. The first-order chi connectivity index (χ1) is 9.11. The van der Waals surface area contributed by atoms with Gasteiger partial charge in [-0.2, -0.15) is 11.8 Å². The summed E-state index contributed by atoms with van der Waals surface area (Å²) >= 11 is 1.98. The van der Waals surface area contributed by atoms with Crippen LogP contribution in [0.25, 0.3) is 0 Å². The zero-order valence-electron chi connectivity index (χ0n) is 12.0. The molecule has 1 unspecified atom stereocenters. The van der Waals surface area contributed by atoms with Crippen LogP contribution in [0.1, 0.15) is 29.8 Å². The van der Waals surface area contributed by atoms with Crippen molar-refractivity contribution in [2.75, 3.05) is 18.8 Å². The zero-order chi connectivity index (χ0) is 13.8. The average molecular weight is 315 g/mol. The Morgan fingerprint density at radius 3 is 2.60 bits per heavy atom. The van der Waals surface area contributed by atoms with Gasteiger partial charge in [-0.05, 0) is 23.6 Å². The SMILES string of the molecule is CC(C)C1CN(C(=O)c2ccc(CN)cc2)CCS1.Cl. The van der Waals surface area contributed by atoms with Gasteiger partial charge in [-0.25, -0.2) is 0 Å². The van der Waals surface area contributed by atoms with Crippen LogP contribution in [-0.4, -0.2) is 34.9 Å². The van der Waals surface area contributed by atoms with Gasteiger partial charge in [-0.15, -0.1) is 12.4 Å². The van der Waals surface area contributed by atoms with Crippen LogP contribution in [0.3, 0.4) is 0 Å². The minimum absolute atomic E-state index is 0. The molecule has 0 aliphatic carbocycles. The third kappa shape index (κ3) is 4.14. The molecule has 0 aromatic heterocycles. The largest absolute Gasteiger partial charge is 0.337 e. The average Bonchev–Trinajstić information content (AvgIpc) is 2.46. The number of hydrogen-bond acceptors (Lipinski definition) is 3. The number of nitrogens with two attached hydrogens (primary N) is 1. The first kappa shape index (κ1) is 17.3. The predicted octanol–water partition coefficient (Wildman–Crippen LogP) is 2.78. The van der Waals surface area contributed by atoms with Crippen LogP contribution < -0.4 is 5.73 Å². The number of benzene rings is 1. The van der Waals surface area contributed by atoms with Crippen LogP contribution in [-0.2, 0) is 6.54 Å². The van der Waals surface area contributed by atoms with Crippen LogP contribution in [0.4, 0.5) is 0 Å². The fraction of sp³-hybridized carbons (Fsp3) is 0.533. The number of halogens is 1. The van der Waals surface area contributed by atoms with Gasteiger partial charge in [0.25, 0.3) is 5.91 Å². The van der Waals surface area contributed by atoms with Gasteiger partial charge in [0.2, 0.25) is 0 Å². The van der Waals surface area contributed by atoms with Crippen molar-refractivity contribution in [1.29, 1.82) is 0 Å². The summed E-state index contributed by atoms with van der Waals surface area (Å²) in [6, 6.07) is 7.64. The van der Waals surface area contributed by atoms with E-state index in [1.54, 1.807) is 0 Å². The molecule has 0 spiro atoms. The first-order valence-corrected chi connectivity index (χ1v) is 7.86. The molecule has 1 amide bonds. The van der Waals surface area contributed by atoms with Crippen molar-refractivity contribution >= 4 is 30.1 Å². The fourth-order valence-electron chi connectivity index (χ4n) is 2.23. The van der Waals surface area contributed by atoms with E-state index in [9.17, 15) is 4.79 Å². The summed E-state index contributed by atoms with van der Waals surface area (Å²) in [4.78, 5) is 14.4. The van der Waals surface area contributed by atoms with E-state index < -0.39 is 0 Å². The number of rotatable bonds is 3. The van der Waals surface area contributed by atoms with Crippen molar-refractivity contribution < 1.29 is 4.79 Å². The molecule has 1 saturated heterocycles. The van der Waals surface area contributed by atoms with Gasteiger partial charge in [0.05, 0.1) is 0 Å². The van der Waals surface area contributed by atoms with E-state index in [4.69, 9.17) is 5.73 Å². The lowest BCUT2D eigenvalue weighted by Crippen LogP contribution is -2.43. The normalized spacial score (nSPS) is 18.8. The molecule has 1 fully saturated rings. The highest BCUT2D eigenvalue weighted by atomic mass is 35.5. The van der Waals surface area contributed by atoms with Gasteiger partial charge in [0.1, 0.15) is 0 Å². The first-order valence-electron chi connectivity index (χ1n) is 6.81. The van der Waals surface area contributed by atoms with Crippen LogP contribution in [0.15, 0.2) is 24.3 Å². The van der Waals surface area contributed by atoms with E-state index >= 15 is 0 Å². The van der Waals surface area contributed by atoms with Gasteiger partial charge < -0.3 is 10.6 Å². The lowest BCUT2D eigenvalue weighted by atomic mass is 10.1. The highest BCUT2D eigenvalue weighted by Gasteiger charge is 2.26. The van der Waals surface area contributed by atoms with E-state index in [-0.39, 0.29) is 18.3 Å². The molecule has 2 N–H and O–H groups in total. The summed E-state index contributed by atoms with van der Waals surface area (Å²) in [6.45, 7) is 6.68. The maximum atomic E-state index is 12.5. The minimum Gasteiger partial charge on any atom is -0.337 e. The maximum Gasteiger partial charge on any atom is 0.253 e. The van der Waals surface area contributed by atoms with Crippen molar-refractivity contribution in [3.63, 3.8) is 0 Å². The number of nitrogens with zero attached hydrogens (tertiary/aromatic N) is 1. The number of thioether (sulfide) groups is 1. The minimum atomic E-state index is 0. The Hall–Kier alpha value is -0.710. The molecule has 1 aromatic rings. The van der Waals surface area contributed by atoms with Crippen molar-refractivity contribution in [2.45, 2.75) is 25.6 Å². The number of carbonyl (C=O) groups is 1. The van der Waals surface area contributed by atoms with E-state index in [1.807, 2.05) is 40.9 Å². The van der Waals surface area contributed by atoms with Gasteiger partial charge in [0, 0.05) is 36.2 Å².